The largest absolute Gasteiger partial charge is 0.338 e. The number of urea groups is 1. The molecule has 2 N–H and O–H groups in total. The summed E-state index contributed by atoms with van der Waals surface area (Å²) in [4.78, 5) is 21.8. The molecular weight excluding hydrogens is 460 g/mol. The highest BCUT2D eigenvalue weighted by atomic mass is 35.5. The standard InChI is InChI=1S/C27H27ClN6O/c1-20-7-5-6-10-22(20)17-30-26(31-19-29)33-15-16-34(25(18-33)21-8-3-2-4-9-21)27(35)32-24-13-11-23(28)12-14-24/h2-14,25H,15-18H2,1H3,(H,30,31)(H,32,35). The lowest BCUT2D eigenvalue weighted by Crippen LogP contribution is -2.55. The van der Waals surface area contributed by atoms with Gasteiger partial charge in [-0.2, -0.15) is 5.26 Å². The Kier molecular flexibility index (Phi) is 7.86. The first-order chi connectivity index (χ1) is 17.0. The summed E-state index contributed by atoms with van der Waals surface area (Å²) in [5.74, 6) is 0.509. The van der Waals surface area contributed by atoms with Gasteiger partial charge in [-0.1, -0.05) is 66.2 Å². The smallest absolute Gasteiger partial charge is 0.322 e. The zero-order valence-electron chi connectivity index (χ0n) is 19.5. The van der Waals surface area contributed by atoms with Crippen molar-refractivity contribution in [2.24, 2.45) is 4.99 Å². The number of nitriles is 1. The van der Waals surface area contributed by atoms with Gasteiger partial charge in [-0.3, -0.25) is 5.32 Å². The van der Waals surface area contributed by atoms with Gasteiger partial charge in [0.2, 0.25) is 5.96 Å². The molecule has 0 spiro atoms. The Bertz CT molecular complexity index is 1220. The van der Waals surface area contributed by atoms with Gasteiger partial charge in [0, 0.05) is 30.3 Å². The molecule has 0 saturated carbocycles. The van der Waals surface area contributed by atoms with Gasteiger partial charge in [-0.15, -0.1) is 0 Å². The highest BCUT2D eigenvalue weighted by Gasteiger charge is 2.33. The SMILES string of the molecule is Cc1ccccc1CN=C(NC#N)N1CCN(C(=O)Nc2ccc(Cl)cc2)C(c2ccccc2)C1. The normalized spacial score (nSPS) is 15.9. The van der Waals surface area contributed by atoms with E-state index in [1.807, 2.05) is 77.5 Å². The number of piperazine rings is 1. The molecule has 35 heavy (non-hydrogen) atoms. The molecule has 1 atom stereocenters. The average molecular weight is 487 g/mol. The van der Waals surface area contributed by atoms with Crippen LogP contribution in [0, 0.1) is 18.4 Å². The fraction of sp³-hybridized carbons (Fsp3) is 0.222. The van der Waals surface area contributed by atoms with E-state index in [-0.39, 0.29) is 12.1 Å². The van der Waals surface area contributed by atoms with Gasteiger partial charge in [0.1, 0.15) is 0 Å². The molecule has 8 heteroatoms. The van der Waals surface area contributed by atoms with Crippen molar-refractivity contribution < 1.29 is 4.79 Å². The number of hydrogen-bond donors (Lipinski definition) is 2. The molecule has 0 aromatic heterocycles. The van der Waals surface area contributed by atoms with Crippen LogP contribution in [0.3, 0.4) is 0 Å². The van der Waals surface area contributed by atoms with Gasteiger partial charge in [0.15, 0.2) is 6.19 Å². The molecule has 1 saturated heterocycles. The van der Waals surface area contributed by atoms with Crippen LogP contribution in [0.15, 0.2) is 83.9 Å². The third-order valence-corrected chi connectivity index (χ3v) is 6.30. The van der Waals surface area contributed by atoms with E-state index in [4.69, 9.17) is 16.6 Å². The van der Waals surface area contributed by atoms with Crippen molar-refractivity contribution in [3.8, 4) is 6.19 Å². The zero-order valence-corrected chi connectivity index (χ0v) is 20.2. The van der Waals surface area contributed by atoms with E-state index in [9.17, 15) is 10.1 Å². The summed E-state index contributed by atoms with van der Waals surface area (Å²) in [6.07, 6.45) is 2.02. The van der Waals surface area contributed by atoms with Crippen LogP contribution >= 0.6 is 11.6 Å². The van der Waals surface area contributed by atoms with Crippen molar-refractivity contribution in [2.75, 3.05) is 25.0 Å². The molecule has 4 rings (SSSR count). The van der Waals surface area contributed by atoms with Crippen molar-refractivity contribution in [1.29, 1.82) is 5.26 Å². The lowest BCUT2D eigenvalue weighted by Gasteiger charge is -2.42. The van der Waals surface area contributed by atoms with Crippen LogP contribution in [0.4, 0.5) is 10.5 Å². The summed E-state index contributed by atoms with van der Waals surface area (Å²) in [5.41, 5.74) is 3.95. The fourth-order valence-electron chi connectivity index (χ4n) is 4.12. The summed E-state index contributed by atoms with van der Waals surface area (Å²) in [5, 5.41) is 15.7. The molecule has 1 heterocycles. The van der Waals surface area contributed by atoms with Crippen LogP contribution in [0.1, 0.15) is 22.7 Å². The van der Waals surface area contributed by atoms with Crippen LogP contribution in [0.25, 0.3) is 0 Å². The first-order valence-electron chi connectivity index (χ1n) is 11.4. The third-order valence-electron chi connectivity index (χ3n) is 6.05. The maximum Gasteiger partial charge on any atom is 0.322 e. The Hall–Kier alpha value is -4.02. The minimum atomic E-state index is -0.221. The number of carbonyl (C=O) groups excluding carboxylic acids is 1. The molecular formula is C27H27ClN6O. The number of guanidine groups is 1. The van der Waals surface area contributed by atoms with Gasteiger partial charge in [0.05, 0.1) is 12.6 Å². The molecule has 0 radical (unpaired) electrons. The Morgan fingerprint density at radius 2 is 1.77 bits per heavy atom. The number of hydrogen-bond acceptors (Lipinski definition) is 3. The number of amides is 2. The van der Waals surface area contributed by atoms with Crippen molar-refractivity contribution in [2.45, 2.75) is 19.5 Å². The Balaban J connectivity index is 1.56. The fourth-order valence-corrected chi connectivity index (χ4v) is 4.25. The molecule has 3 aromatic carbocycles. The summed E-state index contributed by atoms with van der Waals surface area (Å²) < 4.78 is 0. The Morgan fingerprint density at radius 1 is 1.06 bits per heavy atom. The van der Waals surface area contributed by atoms with Gasteiger partial charge in [0.25, 0.3) is 0 Å². The second-order valence-corrected chi connectivity index (χ2v) is 8.74. The van der Waals surface area contributed by atoms with E-state index in [1.54, 1.807) is 24.3 Å². The van der Waals surface area contributed by atoms with Crippen molar-refractivity contribution in [3.63, 3.8) is 0 Å². The number of nitrogens with one attached hydrogen (secondary N) is 2. The predicted octanol–water partition coefficient (Wildman–Crippen LogP) is 5.17. The van der Waals surface area contributed by atoms with Gasteiger partial charge < -0.3 is 15.1 Å². The average Bonchev–Trinajstić information content (AvgIpc) is 2.89. The number of nitrogens with zero attached hydrogens (tertiary/aromatic N) is 4. The molecule has 1 aliphatic rings. The number of benzene rings is 3. The summed E-state index contributed by atoms with van der Waals surface area (Å²) in [6, 6.07) is 24.6. The lowest BCUT2D eigenvalue weighted by molar-refractivity contribution is 0.135. The molecule has 7 nitrogen and oxygen atoms in total. The molecule has 0 aliphatic carbocycles. The maximum absolute atomic E-state index is 13.3. The van der Waals surface area contributed by atoms with E-state index in [0.717, 1.165) is 16.7 Å². The lowest BCUT2D eigenvalue weighted by atomic mass is 10.0. The number of carbonyl (C=O) groups is 1. The minimum Gasteiger partial charge on any atom is -0.338 e. The van der Waals surface area contributed by atoms with E-state index in [1.165, 1.54) is 0 Å². The third kappa shape index (κ3) is 6.11. The Morgan fingerprint density at radius 3 is 2.49 bits per heavy atom. The predicted molar refractivity (Wildman–Crippen MR) is 139 cm³/mol. The molecule has 1 unspecified atom stereocenters. The molecule has 2 amide bonds. The van der Waals surface area contributed by atoms with Gasteiger partial charge in [-0.05, 0) is 47.9 Å². The summed E-state index contributed by atoms with van der Waals surface area (Å²) in [6.45, 7) is 4.02. The van der Waals surface area contributed by atoms with Crippen LogP contribution in [0.2, 0.25) is 5.02 Å². The van der Waals surface area contributed by atoms with Crippen LogP contribution in [-0.2, 0) is 6.54 Å². The number of aryl methyl sites for hydroxylation is 1. The van der Waals surface area contributed by atoms with Crippen molar-refractivity contribution in [3.05, 3.63) is 101 Å². The van der Waals surface area contributed by atoms with E-state index < -0.39 is 0 Å². The second-order valence-electron chi connectivity index (χ2n) is 8.31. The van der Waals surface area contributed by atoms with Crippen molar-refractivity contribution >= 4 is 29.3 Å². The highest BCUT2D eigenvalue weighted by Crippen LogP contribution is 2.27. The van der Waals surface area contributed by atoms with Gasteiger partial charge >= 0.3 is 6.03 Å². The Labute approximate surface area is 210 Å². The first-order valence-corrected chi connectivity index (χ1v) is 11.8. The second kappa shape index (κ2) is 11.4. The number of anilines is 1. The minimum absolute atomic E-state index is 0.188. The summed E-state index contributed by atoms with van der Waals surface area (Å²) in [7, 11) is 0. The summed E-state index contributed by atoms with van der Waals surface area (Å²) >= 11 is 5.98. The molecule has 0 bridgehead atoms. The topological polar surface area (TPSA) is 83.8 Å². The van der Waals surface area contributed by atoms with E-state index in [0.29, 0.717) is 42.8 Å². The molecule has 1 fully saturated rings. The molecule has 178 valence electrons. The van der Waals surface area contributed by atoms with E-state index >= 15 is 0 Å². The maximum atomic E-state index is 13.3. The zero-order chi connectivity index (χ0) is 24.6. The first kappa shape index (κ1) is 24.1. The number of halogens is 1. The van der Waals surface area contributed by atoms with E-state index in [2.05, 4.69) is 10.6 Å². The highest BCUT2D eigenvalue weighted by molar-refractivity contribution is 6.30. The van der Waals surface area contributed by atoms with Crippen LogP contribution < -0.4 is 10.6 Å². The molecule has 1 aliphatic heterocycles. The van der Waals surface area contributed by atoms with Gasteiger partial charge in [-0.25, -0.2) is 9.79 Å². The quantitative estimate of drug-likeness (QED) is 0.231. The van der Waals surface area contributed by atoms with Crippen molar-refractivity contribution in [1.82, 2.24) is 15.1 Å². The molecule has 3 aromatic rings. The monoisotopic (exact) mass is 486 g/mol. The number of rotatable bonds is 4. The van der Waals surface area contributed by atoms with Crippen LogP contribution in [0.5, 0.6) is 0 Å². The van der Waals surface area contributed by atoms with Crippen LogP contribution in [-0.4, -0.2) is 41.4 Å². The number of aliphatic imine (C=N–C) groups is 1.